The first-order valence-electron chi connectivity index (χ1n) is 3.41. The second kappa shape index (κ2) is 3.79. The van der Waals surface area contributed by atoms with Gasteiger partial charge in [0.05, 0.1) is 0 Å². The van der Waals surface area contributed by atoms with E-state index < -0.39 is 8.11 Å². The van der Waals surface area contributed by atoms with Crippen molar-refractivity contribution in [3.63, 3.8) is 0 Å². The minimum atomic E-state index is -0.734. The van der Waals surface area contributed by atoms with Gasteiger partial charge in [-0.2, -0.15) is 11.1 Å². The zero-order valence-electron chi connectivity index (χ0n) is 5.97. The van der Waals surface area contributed by atoms with Crippen molar-refractivity contribution in [1.82, 2.24) is 0 Å². The van der Waals surface area contributed by atoms with Crippen LogP contribution in [0.4, 0.5) is 0 Å². The van der Waals surface area contributed by atoms with Crippen LogP contribution in [-0.4, -0.2) is 8.11 Å². The van der Waals surface area contributed by atoms with Gasteiger partial charge in [0.25, 0.3) is 0 Å². The van der Waals surface area contributed by atoms with E-state index in [0.29, 0.717) is 0 Å². The first-order valence-corrected chi connectivity index (χ1v) is 6.13. The van der Waals surface area contributed by atoms with Crippen LogP contribution in [-0.2, 0) is 0 Å². The molecule has 1 aromatic rings. The molecular weight excluding hydrogens is 160 g/mol. The lowest BCUT2D eigenvalue weighted by molar-refractivity contribution is 1.45. The van der Waals surface area contributed by atoms with E-state index in [-0.39, 0.29) is 0 Å². The van der Waals surface area contributed by atoms with Gasteiger partial charge >= 0.3 is 0 Å². The van der Waals surface area contributed by atoms with Crippen molar-refractivity contribution in [2.45, 2.75) is 13.0 Å². The molecule has 0 fully saturated rings. The van der Waals surface area contributed by atoms with Gasteiger partial charge in [-0.05, 0) is 11.2 Å². The second-order valence-electron chi connectivity index (χ2n) is 2.12. The maximum Gasteiger partial charge on any atom is 0.199 e. The van der Waals surface area contributed by atoms with Gasteiger partial charge in [0.1, 0.15) is 0 Å². The van der Waals surface area contributed by atoms with Crippen LogP contribution in [0.5, 0.6) is 0 Å². The summed E-state index contributed by atoms with van der Waals surface area (Å²) in [6.07, 6.45) is 0. The van der Waals surface area contributed by atoms with Crippen molar-refractivity contribution < 1.29 is 0 Å². The molecule has 0 atom stereocenters. The zero-order valence-corrected chi connectivity index (χ0v) is 7.73. The third-order valence-electron chi connectivity index (χ3n) is 1.40. The molecule has 0 spiro atoms. The molecule has 2 heteroatoms. The Morgan fingerprint density at radius 2 is 1.90 bits per heavy atom. The first-order chi connectivity index (χ1) is 4.84. The number of rotatable bonds is 2. The van der Waals surface area contributed by atoms with E-state index in [1.54, 1.807) is 0 Å². The highest BCUT2D eigenvalue weighted by atomic mass is 35.6. The molecular formula is C8H10ClSi. The Morgan fingerprint density at radius 3 is 2.40 bits per heavy atom. The Hall–Kier alpha value is -0.273. The molecule has 0 unspecified atom stereocenters. The molecule has 53 valence electrons. The van der Waals surface area contributed by atoms with E-state index in [4.69, 9.17) is 11.1 Å². The van der Waals surface area contributed by atoms with Gasteiger partial charge in [-0.3, -0.25) is 0 Å². The van der Waals surface area contributed by atoms with Crippen LogP contribution >= 0.6 is 11.1 Å². The van der Waals surface area contributed by atoms with Gasteiger partial charge in [-0.25, -0.2) is 0 Å². The topological polar surface area (TPSA) is 0 Å². The Balaban J connectivity index is 2.75. The standard InChI is InChI=1S/C8H10ClSi/c1-2-10(9)8-6-4-3-5-7-8/h3-7H,2H2,1H3. The maximum atomic E-state index is 6.09. The number of halogens is 1. The highest BCUT2D eigenvalue weighted by Crippen LogP contribution is 1.97. The first kappa shape index (κ1) is 7.83. The summed E-state index contributed by atoms with van der Waals surface area (Å²) >= 11 is 6.09. The lowest BCUT2D eigenvalue weighted by Crippen LogP contribution is -2.21. The molecule has 0 saturated carbocycles. The van der Waals surface area contributed by atoms with E-state index in [1.165, 1.54) is 5.19 Å². The van der Waals surface area contributed by atoms with E-state index in [2.05, 4.69) is 19.1 Å². The van der Waals surface area contributed by atoms with Gasteiger partial charge in [-0.15, -0.1) is 0 Å². The molecule has 0 N–H and O–H groups in total. The predicted molar refractivity (Wildman–Crippen MR) is 48.2 cm³/mol. The molecule has 0 aromatic heterocycles. The molecule has 10 heavy (non-hydrogen) atoms. The van der Waals surface area contributed by atoms with E-state index in [9.17, 15) is 0 Å². The van der Waals surface area contributed by atoms with Crippen LogP contribution in [0.2, 0.25) is 6.04 Å². The fourth-order valence-electron chi connectivity index (χ4n) is 0.823. The summed E-state index contributed by atoms with van der Waals surface area (Å²) in [6.45, 7) is 2.13. The Morgan fingerprint density at radius 1 is 1.30 bits per heavy atom. The molecule has 0 aliphatic rings. The summed E-state index contributed by atoms with van der Waals surface area (Å²) in [6, 6.07) is 11.4. The predicted octanol–water partition coefficient (Wildman–Crippen LogP) is 2.14. The number of hydrogen-bond acceptors (Lipinski definition) is 0. The van der Waals surface area contributed by atoms with Crippen LogP contribution in [0.1, 0.15) is 6.92 Å². The van der Waals surface area contributed by atoms with Crippen molar-refractivity contribution >= 4 is 24.4 Å². The Kier molecular flexibility index (Phi) is 2.97. The molecule has 1 rings (SSSR count). The highest BCUT2D eigenvalue weighted by Gasteiger charge is 2.05. The molecule has 0 amide bonds. The summed E-state index contributed by atoms with van der Waals surface area (Å²) in [5, 5.41) is 1.32. The Labute approximate surface area is 68.1 Å². The lowest BCUT2D eigenvalue weighted by atomic mass is 10.4. The smallest absolute Gasteiger partial charge is 0.163 e. The van der Waals surface area contributed by atoms with Gasteiger partial charge in [0.15, 0.2) is 8.11 Å². The van der Waals surface area contributed by atoms with Crippen LogP contribution in [0.25, 0.3) is 0 Å². The normalized spacial score (nSPS) is 10.3. The lowest BCUT2D eigenvalue weighted by Gasteiger charge is -2.01. The summed E-state index contributed by atoms with van der Waals surface area (Å²) < 4.78 is 0. The molecule has 0 aliphatic heterocycles. The third kappa shape index (κ3) is 1.86. The van der Waals surface area contributed by atoms with Crippen molar-refractivity contribution in [2.24, 2.45) is 0 Å². The van der Waals surface area contributed by atoms with Crippen molar-refractivity contribution in [2.75, 3.05) is 0 Å². The maximum absolute atomic E-state index is 6.09. The zero-order chi connectivity index (χ0) is 7.40. The van der Waals surface area contributed by atoms with E-state index in [0.717, 1.165) is 6.04 Å². The average Bonchev–Trinajstić information content (AvgIpc) is 2.05. The Bertz CT molecular complexity index is 186. The minimum absolute atomic E-state index is 0.734. The molecule has 0 bridgehead atoms. The summed E-state index contributed by atoms with van der Waals surface area (Å²) in [7, 11) is -0.734. The van der Waals surface area contributed by atoms with Crippen molar-refractivity contribution in [3.8, 4) is 0 Å². The average molecular weight is 170 g/mol. The quantitative estimate of drug-likeness (QED) is 0.470. The van der Waals surface area contributed by atoms with Gasteiger partial charge in [0.2, 0.25) is 0 Å². The van der Waals surface area contributed by atoms with Crippen LogP contribution < -0.4 is 5.19 Å². The summed E-state index contributed by atoms with van der Waals surface area (Å²) in [5.41, 5.74) is 0. The molecule has 0 nitrogen and oxygen atoms in total. The fraction of sp³-hybridized carbons (Fsp3) is 0.250. The summed E-state index contributed by atoms with van der Waals surface area (Å²) in [5.74, 6) is 0. The third-order valence-corrected chi connectivity index (χ3v) is 4.43. The van der Waals surface area contributed by atoms with Crippen LogP contribution in [0.15, 0.2) is 30.3 Å². The monoisotopic (exact) mass is 169 g/mol. The van der Waals surface area contributed by atoms with Crippen LogP contribution in [0.3, 0.4) is 0 Å². The minimum Gasteiger partial charge on any atom is -0.163 e. The van der Waals surface area contributed by atoms with Gasteiger partial charge in [-0.1, -0.05) is 37.3 Å². The molecule has 0 heterocycles. The van der Waals surface area contributed by atoms with Gasteiger partial charge in [0, 0.05) is 0 Å². The molecule has 1 radical (unpaired) electrons. The second-order valence-corrected chi connectivity index (χ2v) is 5.59. The summed E-state index contributed by atoms with van der Waals surface area (Å²) in [4.78, 5) is 0. The van der Waals surface area contributed by atoms with Crippen LogP contribution in [0, 0.1) is 0 Å². The highest BCUT2D eigenvalue weighted by molar-refractivity contribution is 7.14. The largest absolute Gasteiger partial charge is 0.199 e. The molecule has 0 aliphatic carbocycles. The number of benzene rings is 1. The fourth-order valence-corrected chi connectivity index (χ4v) is 2.16. The van der Waals surface area contributed by atoms with E-state index in [1.807, 2.05) is 18.2 Å². The molecule has 1 aromatic carbocycles. The van der Waals surface area contributed by atoms with Gasteiger partial charge < -0.3 is 0 Å². The van der Waals surface area contributed by atoms with E-state index >= 15 is 0 Å². The van der Waals surface area contributed by atoms with Crippen molar-refractivity contribution in [3.05, 3.63) is 30.3 Å². The van der Waals surface area contributed by atoms with Crippen molar-refractivity contribution in [1.29, 1.82) is 0 Å². The number of hydrogen-bond donors (Lipinski definition) is 0. The molecule has 0 saturated heterocycles. The SMILES string of the molecule is CC[Si](Cl)c1ccccc1.